The zero-order valence-electron chi connectivity index (χ0n) is 9.47. The molecular weight excluding hydrogens is 322 g/mol. The molecule has 0 bridgehead atoms. The number of carbonyl (C=O) groups is 1. The quantitative estimate of drug-likeness (QED) is 0.568. The van der Waals surface area contributed by atoms with Crippen LogP contribution in [0, 0.1) is 11.6 Å². The lowest BCUT2D eigenvalue weighted by Gasteiger charge is -2.02. The maximum atomic E-state index is 13.7. The van der Waals surface area contributed by atoms with Crippen LogP contribution >= 0.6 is 27.3 Å². The molecule has 0 saturated carbocycles. The van der Waals surface area contributed by atoms with Crippen molar-refractivity contribution in [3.63, 3.8) is 0 Å². The van der Waals surface area contributed by atoms with Gasteiger partial charge in [-0.25, -0.2) is 8.78 Å². The molecule has 0 saturated heterocycles. The van der Waals surface area contributed by atoms with Gasteiger partial charge in [0.2, 0.25) is 0 Å². The van der Waals surface area contributed by atoms with Crippen molar-refractivity contribution < 1.29 is 13.6 Å². The summed E-state index contributed by atoms with van der Waals surface area (Å²) in [7, 11) is 0. The fourth-order valence-corrected chi connectivity index (χ4v) is 2.87. The van der Waals surface area contributed by atoms with Crippen LogP contribution in [0.4, 0.5) is 8.78 Å². The van der Waals surface area contributed by atoms with Crippen LogP contribution in [0.15, 0.2) is 28.7 Å². The van der Waals surface area contributed by atoms with E-state index in [1.165, 1.54) is 11.3 Å². The van der Waals surface area contributed by atoms with Gasteiger partial charge >= 0.3 is 0 Å². The number of ketones is 1. The van der Waals surface area contributed by atoms with Crippen LogP contribution in [0.3, 0.4) is 0 Å². The highest BCUT2D eigenvalue weighted by Gasteiger charge is 2.14. The molecule has 0 aliphatic rings. The second-order valence-corrected chi connectivity index (χ2v) is 5.62. The molecule has 0 atom stereocenters. The molecule has 1 nitrogen and oxygen atoms in total. The first-order valence-corrected chi connectivity index (χ1v) is 6.91. The normalized spacial score (nSPS) is 10.7. The molecule has 0 spiro atoms. The molecule has 18 heavy (non-hydrogen) atoms. The molecule has 0 aliphatic carbocycles. The molecule has 0 N–H and O–H groups in total. The van der Waals surface area contributed by atoms with Gasteiger partial charge in [0.1, 0.15) is 11.6 Å². The lowest BCUT2D eigenvalue weighted by molar-refractivity contribution is 0.0992. The summed E-state index contributed by atoms with van der Waals surface area (Å²) >= 11 is 4.10. The van der Waals surface area contributed by atoms with Crippen molar-refractivity contribution in [3.8, 4) is 10.4 Å². The number of rotatable bonds is 3. The zero-order valence-corrected chi connectivity index (χ0v) is 11.9. The van der Waals surface area contributed by atoms with E-state index in [0.29, 0.717) is 16.2 Å². The third kappa shape index (κ3) is 2.52. The first-order chi connectivity index (χ1) is 8.52. The maximum Gasteiger partial charge on any atom is 0.172 e. The molecule has 0 amide bonds. The minimum atomic E-state index is -0.525. The minimum Gasteiger partial charge on any atom is -0.293 e. The molecule has 0 unspecified atom stereocenters. The van der Waals surface area contributed by atoms with Crippen molar-refractivity contribution in [2.24, 2.45) is 0 Å². The molecule has 0 radical (unpaired) electrons. The maximum absolute atomic E-state index is 13.7. The second kappa shape index (κ2) is 5.28. The van der Waals surface area contributed by atoms with E-state index >= 15 is 0 Å². The van der Waals surface area contributed by atoms with Crippen LogP contribution in [0.5, 0.6) is 0 Å². The molecule has 1 heterocycles. The number of thiophene rings is 1. The summed E-state index contributed by atoms with van der Waals surface area (Å²) in [5.74, 6) is -1.03. The first-order valence-electron chi connectivity index (χ1n) is 5.31. The van der Waals surface area contributed by atoms with E-state index < -0.39 is 11.6 Å². The van der Waals surface area contributed by atoms with Gasteiger partial charge in [0.15, 0.2) is 5.78 Å². The van der Waals surface area contributed by atoms with Crippen molar-refractivity contribution >= 4 is 33.0 Å². The van der Waals surface area contributed by atoms with Gasteiger partial charge in [-0.15, -0.1) is 11.3 Å². The minimum absolute atomic E-state index is 0.00393. The average Bonchev–Trinajstić information content (AvgIpc) is 2.82. The van der Waals surface area contributed by atoms with Crippen molar-refractivity contribution in [2.45, 2.75) is 13.3 Å². The largest absolute Gasteiger partial charge is 0.293 e. The molecule has 5 heteroatoms. The highest BCUT2D eigenvalue weighted by atomic mass is 79.9. The van der Waals surface area contributed by atoms with Crippen LogP contribution < -0.4 is 0 Å². The second-order valence-electron chi connectivity index (χ2n) is 3.69. The van der Waals surface area contributed by atoms with E-state index in [1.54, 1.807) is 19.1 Å². The molecule has 0 fully saturated rings. The van der Waals surface area contributed by atoms with Crippen molar-refractivity contribution in [2.75, 3.05) is 0 Å². The molecule has 94 valence electrons. The number of hydrogen-bond acceptors (Lipinski definition) is 2. The van der Waals surface area contributed by atoms with E-state index in [4.69, 9.17) is 0 Å². The van der Waals surface area contributed by atoms with E-state index in [-0.39, 0.29) is 15.8 Å². The summed E-state index contributed by atoms with van der Waals surface area (Å²) in [6.45, 7) is 1.77. The number of benzene rings is 1. The Bertz CT molecular complexity index is 607. The predicted octanol–water partition coefficient (Wildman–Crippen LogP) is 5.05. The van der Waals surface area contributed by atoms with Gasteiger partial charge in [-0.05, 0) is 40.2 Å². The van der Waals surface area contributed by atoms with E-state index in [1.807, 2.05) is 0 Å². The third-order valence-corrected chi connectivity index (χ3v) is 4.24. The molecule has 1 aromatic carbocycles. The Balaban J connectivity index is 2.46. The number of carbonyl (C=O) groups excluding carboxylic acids is 1. The average molecular weight is 331 g/mol. The summed E-state index contributed by atoms with van der Waals surface area (Å²) in [6, 6.07) is 5.50. The van der Waals surface area contributed by atoms with Crippen LogP contribution in [0.1, 0.15) is 23.0 Å². The Labute approximate surface area is 116 Å². The Hall–Kier alpha value is -1.07. The molecule has 2 rings (SSSR count). The zero-order chi connectivity index (χ0) is 13.3. The topological polar surface area (TPSA) is 17.1 Å². The summed E-state index contributed by atoms with van der Waals surface area (Å²) in [4.78, 5) is 12.6. The van der Waals surface area contributed by atoms with E-state index in [0.717, 1.165) is 12.1 Å². The summed E-state index contributed by atoms with van der Waals surface area (Å²) < 4.78 is 27.2. The number of hydrogen-bond donors (Lipinski definition) is 0. The van der Waals surface area contributed by atoms with Gasteiger partial charge in [-0.1, -0.05) is 6.92 Å². The molecular formula is C13H9BrF2OS. The number of halogens is 3. The van der Waals surface area contributed by atoms with Crippen LogP contribution in [-0.4, -0.2) is 5.78 Å². The van der Waals surface area contributed by atoms with Crippen molar-refractivity contribution in [1.82, 2.24) is 0 Å². The SMILES string of the molecule is CCC(=O)c1ccc(-c2cc(F)c(Br)cc2F)s1. The molecule has 0 aliphatic heterocycles. The van der Waals surface area contributed by atoms with Gasteiger partial charge in [0, 0.05) is 16.9 Å². The highest BCUT2D eigenvalue weighted by molar-refractivity contribution is 9.10. The summed E-state index contributed by atoms with van der Waals surface area (Å²) in [6.07, 6.45) is 0.400. The van der Waals surface area contributed by atoms with Gasteiger partial charge in [0.05, 0.1) is 9.35 Å². The Morgan fingerprint density at radius 2 is 2.00 bits per heavy atom. The number of Topliss-reactive ketones (excluding diaryl/α,β-unsaturated/α-hetero) is 1. The third-order valence-electron chi connectivity index (χ3n) is 2.48. The first kappa shape index (κ1) is 13.4. The van der Waals surface area contributed by atoms with E-state index in [9.17, 15) is 13.6 Å². The van der Waals surface area contributed by atoms with Gasteiger partial charge in [-0.3, -0.25) is 4.79 Å². The van der Waals surface area contributed by atoms with Crippen LogP contribution in [0.2, 0.25) is 0 Å². The highest BCUT2D eigenvalue weighted by Crippen LogP contribution is 2.33. The van der Waals surface area contributed by atoms with Crippen molar-refractivity contribution in [3.05, 3.63) is 45.2 Å². The molecule has 2 aromatic rings. The van der Waals surface area contributed by atoms with Crippen LogP contribution in [0.25, 0.3) is 10.4 Å². The standard InChI is InChI=1S/C13H9BrF2OS/c1-2-11(17)13-4-3-12(18-13)7-5-10(16)8(14)6-9(7)15/h3-6H,2H2,1H3. The Morgan fingerprint density at radius 1 is 1.28 bits per heavy atom. The van der Waals surface area contributed by atoms with Crippen LogP contribution in [-0.2, 0) is 0 Å². The fourth-order valence-electron chi connectivity index (χ4n) is 1.52. The smallest absolute Gasteiger partial charge is 0.172 e. The summed E-state index contributed by atoms with van der Waals surface area (Å²) in [5, 5.41) is 0. The van der Waals surface area contributed by atoms with Gasteiger partial charge in [0.25, 0.3) is 0 Å². The monoisotopic (exact) mass is 330 g/mol. The predicted molar refractivity (Wildman–Crippen MR) is 72.0 cm³/mol. The fraction of sp³-hybridized carbons (Fsp3) is 0.154. The Morgan fingerprint density at radius 3 is 2.67 bits per heavy atom. The lowest BCUT2D eigenvalue weighted by Crippen LogP contribution is -1.90. The van der Waals surface area contributed by atoms with E-state index in [2.05, 4.69) is 15.9 Å². The Kier molecular flexibility index (Phi) is 3.92. The van der Waals surface area contributed by atoms with Crippen molar-refractivity contribution in [1.29, 1.82) is 0 Å². The lowest BCUT2D eigenvalue weighted by atomic mass is 10.1. The molecule has 1 aromatic heterocycles. The summed E-state index contributed by atoms with van der Waals surface area (Å²) in [5.41, 5.74) is 0.177. The van der Waals surface area contributed by atoms with Gasteiger partial charge in [-0.2, -0.15) is 0 Å². The van der Waals surface area contributed by atoms with Gasteiger partial charge < -0.3 is 0 Å².